The number of fused-ring (bicyclic) bond motifs is 4. The molecule has 0 aromatic heterocycles. The highest BCUT2D eigenvalue weighted by Gasteiger charge is 2.68. The van der Waals surface area contributed by atoms with E-state index in [-0.39, 0.29) is 40.7 Å². The van der Waals surface area contributed by atoms with Gasteiger partial charge in [-0.2, -0.15) is 0 Å². The Balaban J connectivity index is 1.36. The Hall–Kier alpha value is -5.10. The molecule has 3 fully saturated rings. The fraction of sp³-hybridized carbons (Fsp3) is 0.294. The number of phenols is 1. The van der Waals surface area contributed by atoms with Gasteiger partial charge in [0.15, 0.2) is 0 Å². The molecule has 4 aliphatic rings. The molecule has 7 rings (SSSR count). The summed E-state index contributed by atoms with van der Waals surface area (Å²) in [6.45, 7) is 1.65. The van der Waals surface area contributed by atoms with Gasteiger partial charge >= 0.3 is 0 Å². The van der Waals surface area contributed by atoms with E-state index in [0.29, 0.717) is 16.9 Å². The minimum Gasteiger partial charge on any atom is -0.508 e. The maximum Gasteiger partial charge on any atom is 0.269 e. The minimum atomic E-state index is -1.46. The molecule has 11 nitrogen and oxygen atoms in total. The first kappa shape index (κ1) is 30.5. The quantitative estimate of drug-likeness (QED) is 0.163. The van der Waals surface area contributed by atoms with Gasteiger partial charge in [-0.1, -0.05) is 23.3 Å². The largest absolute Gasteiger partial charge is 0.508 e. The number of nitro groups is 1. The fourth-order valence-corrected chi connectivity index (χ4v) is 8.27. The van der Waals surface area contributed by atoms with Gasteiger partial charge in [0, 0.05) is 23.6 Å². The molecular formula is C34H27ClFN3O8. The van der Waals surface area contributed by atoms with E-state index in [9.17, 15) is 38.8 Å². The van der Waals surface area contributed by atoms with Crippen LogP contribution in [0.5, 0.6) is 11.5 Å². The van der Waals surface area contributed by atoms with Crippen molar-refractivity contribution in [2.75, 3.05) is 16.9 Å². The molecule has 6 atom stereocenters. The number of halogens is 2. The van der Waals surface area contributed by atoms with Crippen LogP contribution < -0.4 is 14.5 Å². The fourth-order valence-electron chi connectivity index (χ4n) is 8.10. The molecule has 2 aliphatic heterocycles. The van der Waals surface area contributed by atoms with Crippen LogP contribution in [-0.2, 0) is 19.2 Å². The number of nitrogens with zero attached hydrogens (tertiary/aromatic N) is 3. The van der Waals surface area contributed by atoms with Crippen molar-refractivity contribution in [1.29, 1.82) is 0 Å². The van der Waals surface area contributed by atoms with Crippen LogP contribution in [0.4, 0.5) is 21.5 Å². The molecule has 2 heterocycles. The van der Waals surface area contributed by atoms with E-state index in [2.05, 4.69) is 0 Å². The highest BCUT2D eigenvalue weighted by molar-refractivity contribution is 6.32. The molecule has 47 heavy (non-hydrogen) atoms. The number of carbonyl (C=O) groups excluding carboxylic acids is 4. The van der Waals surface area contributed by atoms with Crippen LogP contribution in [0.2, 0.25) is 5.02 Å². The molecule has 3 aromatic rings. The summed E-state index contributed by atoms with van der Waals surface area (Å²) in [4.78, 5) is 69.3. The first-order valence-electron chi connectivity index (χ1n) is 14.9. The second-order valence-electron chi connectivity index (χ2n) is 12.5. The van der Waals surface area contributed by atoms with Gasteiger partial charge in [-0.05, 0) is 74.2 Å². The highest BCUT2D eigenvalue weighted by atomic mass is 35.5. The van der Waals surface area contributed by atoms with Crippen molar-refractivity contribution in [3.63, 3.8) is 0 Å². The topological polar surface area (TPSA) is 147 Å². The Labute approximate surface area is 272 Å². The van der Waals surface area contributed by atoms with Gasteiger partial charge in [-0.3, -0.25) is 34.2 Å². The molecule has 0 spiro atoms. The van der Waals surface area contributed by atoms with Gasteiger partial charge in [0.2, 0.25) is 23.6 Å². The second kappa shape index (κ2) is 10.7. The van der Waals surface area contributed by atoms with Crippen molar-refractivity contribution >= 4 is 52.3 Å². The summed E-state index contributed by atoms with van der Waals surface area (Å²) in [5, 5.41) is 22.1. The van der Waals surface area contributed by atoms with Crippen molar-refractivity contribution in [2.45, 2.75) is 25.7 Å². The summed E-state index contributed by atoms with van der Waals surface area (Å²) >= 11 is 6.04. The Morgan fingerprint density at radius 3 is 2.32 bits per heavy atom. The number of rotatable bonds is 5. The number of hydrogen-bond acceptors (Lipinski definition) is 8. The summed E-state index contributed by atoms with van der Waals surface area (Å²) in [5.74, 6) is -6.84. The van der Waals surface area contributed by atoms with Gasteiger partial charge in [0.25, 0.3) is 5.69 Å². The molecule has 240 valence electrons. The number of anilines is 2. The number of nitro benzene ring substituents is 1. The van der Waals surface area contributed by atoms with Gasteiger partial charge in [0.1, 0.15) is 17.3 Å². The van der Waals surface area contributed by atoms with Crippen molar-refractivity contribution in [1.82, 2.24) is 0 Å². The summed E-state index contributed by atoms with van der Waals surface area (Å²) in [6, 6.07) is 13.3. The van der Waals surface area contributed by atoms with Crippen molar-refractivity contribution in [3.05, 3.63) is 98.8 Å². The number of imide groups is 2. The lowest BCUT2D eigenvalue weighted by molar-refractivity contribution is -0.384. The molecule has 1 saturated carbocycles. The zero-order chi connectivity index (χ0) is 33.5. The van der Waals surface area contributed by atoms with Crippen LogP contribution in [0.3, 0.4) is 0 Å². The summed E-state index contributed by atoms with van der Waals surface area (Å²) in [6.07, 6.45) is 2.04. The number of allylic oxidation sites excluding steroid dienone is 2. The van der Waals surface area contributed by atoms with E-state index in [1.165, 1.54) is 49.6 Å². The number of benzene rings is 3. The number of phenolic OH excluding ortho intramolecular Hbond substituents is 1. The molecule has 13 heteroatoms. The van der Waals surface area contributed by atoms with E-state index in [1.807, 2.05) is 6.08 Å². The first-order chi connectivity index (χ1) is 22.4. The maximum absolute atomic E-state index is 14.5. The minimum absolute atomic E-state index is 0.0495. The van der Waals surface area contributed by atoms with Gasteiger partial charge < -0.3 is 9.84 Å². The predicted octanol–water partition coefficient (Wildman–Crippen LogP) is 5.54. The molecular weight excluding hydrogens is 633 g/mol. The SMILES string of the molecule is COc1ccc(O)c([C@H]2C3=CC[C@@H]4C(=O)N(c5ccc([N+](=O)[O-])cc5)C(=O)[C@@H]4[C@@H]3C[C@H]3C(=O)N(c4ccc(F)c(Cl)c4)C(=O)[C@@]23C)c1. The lowest BCUT2D eigenvalue weighted by atomic mass is 9.51. The summed E-state index contributed by atoms with van der Waals surface area (Å²) in [7, 11) is 1.45. The van der Waals surface area contributed by atoms with Crippen molar-refractivity contribution in [3.8, 4) is 11.5 Å². The molecule has 0 bridgehead atoms. The number of methoxy groups -OCH3 is 1. The first-order valence-corrected chi connectivity index (χ1v) is 15.3. The van der Waals surface area contributed by atoms with Crippen LogP contribution >= 0.6 is 11.6 Å². The van der Waals surface area contributed by atoms with Crippen molar-refractivity contribution < 1.29 is 38.3 Å². The maximum atomic E-state index is 14.5. The number of non-ortho nitro benzene ring substituents is 1. The van der Waals surface area contributed by atoms with Crippen LogP contribution in [-0.4, -0.2) is 40.8 Å². The van der Waals surface area contributed by atoms with E-state index in [4.69, 9.17) is 16.3 Å². The van der Waals surface area contributed by atoms with Gasteiger partial charge in [0.05, 0.1) is 51.6 Å². The molecule has 0 unspecified atom stereocenters. The van der Waals surface area contributed by atoms with Gasteiger partial charge in [-0.25, -0.2) is 9.29 Å². The third-order valence-corrected chi connectivity index (χ3v) is 10.6. The Morgan fingerprint density at radius 2 is 1.66 bits per heavy atom. The molecule has 4 amide bonds. The normalized spacial score (nSPS) is 28.2. The van der Waals surface area contributed by atoms with E-state index >= 15 is 0 Å². The average molecular weight is 660 g/mol. The monoisotopic (exact) mass is 659 g/mol. The molecule has 1 N–H and O–H groups in total. The number of amides is 4. The lowest BCUT2D eigenvalue weighted by Gasteiger charge is -2.49. The zero-order valence-corrected chi connectivity index (χ0v) is 25.8. The van der Waals surface area contributed by atoms with Crippen LogP contribution in [0.25, 0.3) is 0 Å². The summed E-state index contributed by atoms with van der Waals surface area (Å²) < 4.78 is 19.5. The second-order valence-corrected chi connectivity index (χ2v) is 12.9. The highest BCUT2D eigenvalue weighted by Crippen LogP contribution is 2.64. The number of aromatic hydroxyl groups is 1. The third kappa shape index (κ3) is 4.31. The standard InChI is InChI=1S/C34H27ClFN3O8/c1-34-24(31(42)38(33(34)44)18-7-11-26(36)25(35)13-18)15-22-20(29(34)23-14-19(47-2)8-12-27(23)40)9-10-21-28(22)32(43)37(30(21)41)16-3-5-17(6-4-16)39(45)46/h3-9,11-14,21-22,24,28-29,40H,10,15H2,1-2H3/t21-,22+,24-,28-,29+,34+/m0/s1. The zero-order valence-electron chi connectivity index (χ0n) is 25.1. The number of ether oxygens (including phenoxy) is 1. The van der Waals surface area contributed by atoms with E-state index in [1.54, 1.807) is 19.1 Å². The smallest absolute Gasteiger partial charge is 0.269 e. The number of carbonyl (C=O) groups is 4. The molecule has 0 radical (unpaired) electrons. The predicted molar refractivity (Wildman–Crippen MR) is 166 cm³/mol. The third-order valence-electron chi connectivity index (χ3n) is 10.3. The Bertz CT molecular complexity index is 1950. The molecule has 3 aromatic carbocycles. The lowest BCUT2D eigenvalue weighted by Crippen LogP contribution is -2.48. The summed E-state index contributed by atoms with van der Waals surface area (Å²) in [5.41, 5.74) is -0.424. The van der Waals surface area contributed by atoms with Crippen LogP contribution in [0.1, 0.15) is 31.2 Å². The number of hydrogen-bond donors (Lipinski definition) is 1. The van der Waals surface area contributed by atoms with Crippen molar-refractivity contribution in [2.24, 2.45) is 29.1 Å². The molecule has 2 saturated heterocycles. The molecule has 2 aliphatic carbocycles. The van der Waals surface area contributed by atoms with Crippen LogP contribution in [0.15, 0.2) is 72.3 Å². The van der Waals surface area contributed by atoms with E-state index < -0.39 is 69.4 Å². The average Bonchev–Trinajstić information content (AvgIpc) is 3.42. The van der Waals surface area contributed by atoms with Gasteiger partial charge in [-0.15, -0.1) is 0 Å². The Morgan fingerprint density at radius 1 is 0.957 bits per heavy atom. The Kier molecular flexibility index (Phi) is 6.97. The van der Waals surface area contributed by atoms with E-state index in [0.717, 1.165) is 15.9 Å². The van der Waals surface area contributed by atoms with Crippen LogP contribution in [0, 0.1) is 45.0 Å².